The first-order chi connectivity index (χ1) is 10.8. The summed E-state index contributed by atoms with van der Waals surface area (Å²) in [4.78, 5) is 14.5. The van der Waals surface area contributed by atoms with E-state index < -0.39 is 10.0 Å². The van der Waals surface area contributed by atoms with E-state index in [4.69, 9.17) is 0 Å². The molecule has 0 unspecified atom stereocenters. The number of piperidine rings is 1. The molecule has 1 atom stereocenters. The molecule has 23 heavy (non-hydrogen) atoms. The van der Waals surface area contributed by atoms with Crippen LogP contribution in [-0.2, 0) is 14.8 Å². The van der Waals surface area contributed by atoms with Crippen molar-refractivity contribution < 1.29 is 13.2 Å². The van der Waals surface area contributed by atoms with Gasteiger partial charge in [0.1, 0.15) is 0 Å². The quantitative estimate of drug-likeness (QED) is 0.887. The van der Waals surface area contributed by atoms with Crippen LogP contribution in [0.4, 0.5) is 5.69 Å². The number of hydrogen-bond donors (Lipinski definition) is 1. The number of hydrogen-bond acceptors (Lipinski definition) is 4. The van der Waals surface area contributed by atoms with Gasteiger partial charge in [-0.3, -0.25) is 9.69 Å². The molecule has 7 heteroatoms. The lowest BCUT2D eigenvalue weighted by molar-refractivity contribution is -0.118. The number of rotatable bonds is 5. The summed E-state index contributed by atoms with van der Waals surface area (Å²) in [7, 11) is -0.531. The average molecular weight is 339 g/mol. The number of nitrogens with zero attached hydrogens (tertiary/aromatic N) is 2. The van der Waals surface area contributed by atoms with Crippen molar-refractivity contribution >= 4 is 21.6 Å². The third-order valence-electron chi connectivity index (χ3n) is 4.18. The van der Waals surface area contributed by atoms with Crippen molar-refractivity contribution in [1.29, 1.82) is 0 Å². The Morgan fingerprint density at radius 1 is 1.35 bits per heavy atom. The highest BCUT2D eigenvalue weighted by Crippen LogP contribution is 2.19. The Kier molecular flexibility index (Phi) is 5.78. The first kappa shape index (κ1) is 17.9. The molecule has 1 aliphatic heterocycles. The normalized spacial score (nSPS) is 19.7. The first-order valence-electron chi connectivity index (χ1n) is 7.87. The zero-order valence-corrected chi connectivity index (χ0v) is 14.8. The fourth-order valence-electron chi connectivity index (χ4n) is 2.72. The van der Waals surface area contributed by atoms with Gasteiger partial charge >= 0.3 is 0 Å². The second-order valence-electron chi connectivity index (χ2n) is 6.18. The van der Waals surface area contributed by atoms with E-state index in [0.29, 0.717) is 18.3 Å². The van der Waals surface area contributed by atoms with Gasteiger partial charge in [0.2, 0.25) is 15.9 Å². The van der Waals surface area contributed by atoms with E-state index in [1.807, 2.05) is 0 Å². The van der Waals surface area contributed by atoms with Crippen LogP contribution in [0.1, 0.15) is 26.2 Å². The monoisotopic (exact) mass is 339 g/mol. The second-order valence-corrected chi connectivity index (χ2v) is 8.33. The van der Waals surface area contributed by atoms with Crippen LogP contribution in [0.5, 0.6) is 0 Å². The average Bonchev–Trinajstić information content (AvgIpc) is 2.49. The smallest absolute Gasteiger partial charge is 0.242 e. The topological polar surface area (TPSA) is 69.7 Å². The molecule has 1 aromatic rings. The molecule has 1 aliphatic rings. The van der Waals surface area contributed by atoms with Gasteiger partial charge in [-0.15, -0.1) is 0 Å². The maximum Gasteiger partial charge on any atom is 0.242 e. The molecule has 0 aromatic heterocycles. The molecular formula is C16H25N3O3S. The summed E-state index contributed by atoms with van der Waals surface area (Å²) in [6.45, 7) is 3.41. The zero-order chi connectivity index (χ0) is 17.0. The van der Waals surface area contributed by atoms with Gasteiger partial charge < -0.3 is 5.32 Å². The molecule has 2 rings (SSSR count). The highest BCUT2D eigenvalue weighted by Gasteiger charge is 2.21. The standard InChI is InChI=1S/C16H25N3O3S/c1-13-7-4-5-10-19(13)12-16(20)17-14-8-6-9-15(11-14)23(21,22)18(2)3/h6,8-9,11,13H,4-5,7,10,12H2,1-3H3,(H,17,20)/t13-/m1/s1. The third-order valence-corrected chi connectivity index (χ3v) is 5.99. The van der Waals surface area contributed by atoms with Crippen molar-refractivity contribution in [3.63, 3.8) is 0 Å². The van der Waals surface area contributed by atoms with Gasteiger partial charge in [-0.1, -0.05) is 12.5 Å². The van der Waals surface area contributed by atoms with Crippen LogP contribution < -0.4 is 5.32 Å². The molecule has 0 radical (unpaired) electrons. The van der Waals surface area contributed by atoms with Gasteiger partial charge in [-0.05, 0) is 44.5 Å². The number of nitrogens with one attached hydrogen (secondary N) is 1. The summed E-state index contributed by atoms with van der Waals surface area (Å²) < 4.78 is 25.4. The van der Waals surface area contributed by atoms with Gasteiger partial charge in [0, 0.05) is 25.8 Å². The molecule has 0 saturated carbocycles. The molecular weight excluding hydrogens is 314 g/mol. The lowest BCUT2D eigenvalue weighted by atomic mass is 10.0. The maximum atomic E-state index is 12.2. The number of anilines is 1. The minimum Gasteiger partial charge on any atom is -0.325 e. The number of carbonyl (C=O) groups excluding carboxylic acids is 1. The lowest BCUT2D eigenvalue weighted by Gasteiger charge is -2.32. The van der Waals surface area contributed by atoms with E-state index in [1.165, 1.54) is 32.6 Å². The van der Waals surface area contributed by atoms with Crippen LogP contribution in [0, 0.1) is 0 Å². The van der Waals surface area contributed by atoms with Crippen molar-refractivity contribution in [2.75, 3.05) is 32.5 Å². The van der Waals surface area contributed by atoms with Crippen molar-refractivity contribution in [2.45, 2.75) is 37.1 Å². The van der Waals surface area contributed by atoms with Crippen LogP contribution >= 0.6 is 0 Å². The van der Waals surface area contributed by atoms with Gasteiger partial charge in [-0.2, -0.15) is 0 Å². The SMILES string of the molecule is C[C@@H]1CCCCN1CC(=O)Nc1cccc(S(=O)(=O)N(C)C)c1. The Morgan fingerprint density at radius 2 is 2.09 bits per heavy atom. The van der Waals surface area contributed by atoms with Crippen LogP contribution in [0.2, 0.25) is 0 Å². The predicted molar refractivity (Wildman–Crippen MR) is 90.8 cm³/mol. The van der Waals surface area contributed by atoms with Crippen molar-refractivity contribution in [3.05, 3.63) is 24.3 Å². The van der Waals surface area contributed by atoms with Gasteiger partial charge in [-0.25, -0.2) is 12.7 Å². The Labute approximate surface area is 138 Å². The number of carbonyl (C=O) groups is 1. The third kappa shape index (κ3) is 4.53. The van der Waals surface area contributed by atoms with E-state index >= 15 is 0 Å². The number of benzene rings is 1. The largest absolute Gasteiger partial charge is 0.325 e. The molecule has 1 amide bonds. The number of likely N-dealkylation sites (tertiary alicyclic amines) is 1. The van der Waals surface area contributed by atoms with E-state index in [2.05, 4.69) is 17.1 Å². The van der Waals surface area contributed by atoms with Crippen molar-refractivity contribution in [1.82, 2.24) is 9.21 Å². The fourth-order valence-corrected chi connectivity index (χ4v) is 3.67. The van der Waals surface area contributed by atoms with Crippen LogP contribution in [-0.4, -0.2) is 56.8 Å². The zero-order valence-electron chi connectivity index (χ0n) is 13.9. The summed E-state index contributed by atoms with van der Waals surface area (Å²) in [6, 6.07) is 6.77. The van der Waals surface area contributed by atoms with Crippen LogP contribution in [0.25, 0.3) is 0 Å². The Bertz CT molecular complexity index is 658. The Morgan fingerprint density at radius 3 is 2.74 bits per heavy atom. The van der Waals surface area contributed by atoms with E-state index in [1.54, 1.807) is 12.1 Å². The Hall–Kier alpha value is -1.44. The number of sulfonamides is 1. The highest BCUT2D eigenvalue weighted by molar-refractivity contribution is 7.89. The summed E-state index contributed by atoms with van der Waals surface area (Å²) in [5.41, 5.74) is 0.502. The second kappa shape index (κ2) is 7.42. The van der Waals surface area contributed by atoms with Gasteiger partial charge in [0.15, 0.2) is 0 Å². The molecule has 1 heterocycles. The summed E-state index contributed by atoms with van der Waals surface area (Å²) in [5, 5.41) is 2.80. The van der Waals surface area contributed by atoms with Crippen LogP contribution in [0.15, 0.2) is 29.2 Å². The fraction of sp³-hybridized carbons (Fsp3) is 0.562. The number of amides is 1. The van der Waals surface area contributed by atoms with Crippen LogP contribution in [0.3, 0.4) is 0 Å². The molecule has 128 valence electrons. The van der Waals surface area contributed by atoms with Crippen molar-refractivity contribution in [2.24, 2.45) is 0 Å². The minimum atomic E-state index is -3.50. The molecule has 6 nitrogen and oxygen atoms in total. The van der Waals surface area contributed by atoms with Crippen molar-refractivity contribution in [3.8, 4) is 0 Å². The molecule has 1 aromatic carbocycles. The van der Waals surface area contributed by atoms with Gasteiger partial charge in [0.05, 0.1) is 11.4 Å². The molecule has 0 spiro atoms. The molecule has 1 N–H and O–H groups in total. The summed E-state index contributed by atoms with van der Waals surface area (Å²) in [5.74, 6) is -0.113. The minimum absolute atomic E-state index is 0.113. The van der Waals surface area contributed by atoms with E-state index in [-0.39, 0.29) is 10.8 Å². The van der Waals surface area contributed by atoms with Gasteiger partial charge in [0.25, 0.3) is 0 Å². The molecule has 1 fully saturated rings. The summed E-state index contributed by atoms with van der Waals surface area (Å²) >= 11 is 0. The Balaban J connectivity index is 2.04. The molecule has 0 aliphatic carbocycles. The molecule has 1 saturated heterocycles. The predicted octanol–water partition coefficient (Wildman–Crippen LogP) is 1.75. The maximum absolute atomic E-state index is 12.2. The molecule has 0 bridgehead atoms. The summed E-state index contributed by atoms with van der Waals surface area (Å²) in [6.07, 6.45) is 3.45. The highest BCUT2D eigenvalue weighted by atomic mass is 32.2. The first-order valence-corrected chi connectivity index (χ1v) is 9.31. The van der Waals surface area contributed by atoms with E-state index in [9.17, 15) is 13.2 Å². The lowest BCUT2D eigenvalue weighted by Crippen LogP contribution is -2.42. The van der Waals surface area contributed by atoms with E-state index in [0.717, 1.165) is 23.7 Å².